The number of ether oxygens (including phenoxy) is 1. The fourth-order valence-corrected chi connectivity index (χ4v) is 3.88. The number of carbonyl (C=O) groups is 1. The van der Waals surface area contributed by atoms with Crippen LogP contribution in [0.1, 0.15) is 36.0 Å². The van der Waals surface area contributed by atoms with Crippen LogP contribution in [-0.4, -0.2) is 41.1 Å². The standard InChI is InChI=1S/C18H20N2O3/c21-17-11-13(12-5-1-2-6-14(12)19-17)18(22)20-9-10-23-16-8-4-3-7-15(16)20/h1-2,5-6,11,15-16H,3-4,7-10H2,(H,19,21)/t15-,16+/m0/s1. The number of amides is 1. The van der Waals surface area contributed by atoms with Gasteiger partial charge in [-0.25, -0.2) is 0 Å². The van der Waals surface area contributed by atoms with Crippen LogP contribution in [0.2, 0.25) is 0 Å². The highest BCUT2D eigenvalue weighted by Gasteiger charge is 2.37. The highest BCUT2D eigenvalue weighted by Crippen LogP contribution is 2.30. The minimum Gasteiger partial charge on any atom is -0.374 e. The smallest absolute Gasteiger partial charge is 0.255 e. The predicted octanol–water partition coefficient (Wildman–Crippen LogP) is 2.31. The summed E-state index contributed by atoms with van der Waals surface area (Å²) in [6.45, 7) is 1.18. The van der Waals surface area contributed by atoms with Crippen molar-refractivity contribution in [3.05, 3.63) is 46.2 Å². The summed E-state index contributed by atoms with van der Waals surface area (Å²) < 4.78 is 5.85. The summed E-state index contributed by atoms with van der Waals surface area (Å²) in [6.07, 6.45) is 4.44. The van der Waals surface area contributed by atoms with Gasteiger partial charge in [-0.15, -0.1) is 0 Å². The average molecular weight is 312 g/mol. The van der Waals surface area contributed by atoms with Gasteiger partial charge in [-0.05, 0) is 18.9 Å². The van der Waals surface area contributed by atoms with Crippen molar-refractivity contribution in [1.29, 1.82) is 0 Å². The Bertz CT molecular complexity index is 796. The first-order valence-corrected chi connectivity index (χ1v) is 8.29. The van der Waals surface area contributed by atoms with Crippen LogP contribution in [-0.2, 0) is 4.74 Å². The van der Waals surface area contributed by atoms with Gasteiger partial charge in [0.05, 0.1) is 24.3 Å². The Morgan fingerprint density at radius 2 is 2.04 bits per heavy atom. The summed E-state index contributed by atoms with van der Waals surface area (Å²) in [5, 5.41) is 0.802. The van der Waals surface area contributed by atoms with Crippen molar-refractivity contribution in [3.63, 3.8) is 0 Å². The first-order valence-electron chi connectivity index (χ1n) is 8.29. The number of H-pyrrole nitrogens is 1. The van der Waals surface area contributed by atoms with E-state index in [0.717, 1.165) is 31.1 Å². The maximum Gasteiger partial charge on any atom is 0.255 e. The van der Waals surface area contributed by atoms with E-state index in [1.807, 2.05) is 29.2 Å². The summed E-state index contributed by atoms with van der Waals surface area (Å²) in [7, 11) is 0. The monoisotopic (exact) mass is 312 g/mol. The van der Waals surface area contributed by atoms with Crippen LogP contribution in [0.4, 0.5) is 0 Å². The molecule has 1 saturated carbocycles. The molecule has 2 aromatic rings. The molecular weight excluding hydrogens is 292 g/mol. The second kappa shape index (κ2) is 5.81. The number of pyridine rings is 1. The van der Waals surface area contributed by atoms with Crippen molar-refractivity contribution in [3.8, 4) is 0 Å². The molecule has 1 amide bonds. The first-order chi connectivity index (χ1) is 11.2. The fourth-order valence-electron chi connectivity index (χ4n) is 3.88. The van der Waals surface area contributed by atoms with E-state index in [2.05, 4.69) is 4.98 Å². The first kappa shape index (κ1) is 14.5. The number of aromatic nitrogens is 1. The molecule has 2 fully saturated rings. The topological polar surface area (TPSA) is 62.4 Å². The molecule has 5 heteroatoms. The molecule has 0 unspecified atom stereocenters. The Balaban J connectivity index is 1.75. The van der Waals surface area contributed by atoms with E-state index in [1.165, 1.54) is 6.07 Å². The number of benzene rings is 1. The van der Waals surface area contributed by atoms with Gasteiger partial charge in [0.15, 0.2) is 0 Å². The van der Waals surface area contributed by atoms with Gasteiger partial charge in [0.1, 0.15) is 0 Å². The Morgan fingerprint density at radius 1 is 1.22 bits per heavy atom. The molecule has 1 saturated heterocycles. The zero-order chi connectivity index (χ0) is 15.8. The Kier molecular flexibility index (Phi) is 3.65. The maximum absolute atomic E-state index is 13.1. The Morgan fingerprint density at radius 3 is 2.96 bits per heavy atom. The zero-order valence-corrected chi connectivity index (χ0v) is 13.0. The molecule has 2 heterocycles. The molecule has 23 heavy (non-hydrogen) atoms. The van der Waals surface area contributed by atoms with Crippen LogP contribution in [0.25, 0.3) is 10.9 Å². The quantitative estimate of drug-likeness (QED) is 0.879. The highest BCUT2D eigenvalue weighted by atomic mass is 16.5. The summed E-state index contributed by atoms with van der Waals surface area (Å²) >= 11 is 0. The number of rotatable bonds is 1. The minimum atomic E-state index is -0.236. The van der Waals surface area contributed by atoms with Gasteiger partial charge in [-0.2, -0.15) is 0 Å². The van der Waals surface area contributed by atoms with Crippen molar-refractivity contribution in [2.24, 2.45) is 0 Å². The number of morpholine rings is 1. The van der Waals surface area contributed by atoms with Crippen LogP contribution in [0, 0.1) is 0 Å². The zero-order valence-electron chi connectivity index (χ0n) is 13.0. The van der Waals surface area contributed by atoms with Gasteiger partial charge in [0.25, 0.3) is 5.91 Å². The third-order valence-electron chi connectivity index (χ3n) is 4.97. The third kappa shape index (κ3) is 2.55. The number of aromatic amines is 1. The van der Waals surface area contributed by atoms with E-state index < -0.39 is 0 Å². The minimum absolute atomic E-state index is 0.0486. The van der Waals surface area contributed by atoms with E-state index in [9.17, 15) is 9.59 Å². The number of hydrogen-bond donors (Lipinski definition) is 1. The number of nitrogens with zero attached hydrogens (tertiary/aromatic N) is 1. The molecule has 0 bridgehead atoms. The molecule has 4 rings (SSSR count). The lowest BCUT2D eigenvalue weighted by Crippen LogP contribution is -2.54. The fraction of sp³-hybridized carbons (Fsp3) is 0.444. The molecule has 1 N–H and O–H groups in total. The molecule has 1 aromatic heterocycles. The van der Waals surface area contributed by atoms with Crippen LogP contribution >= 0.6 is 0 Å². The molecule has 1 aliphatic carbocycles. The van der Waals surface area contributed by atoms with Gasteiger partial charge < -0.3 is 14.6 Å². The van der Waals surface area contributed by atoms with Gasteiger partial charge in [-0.1, -0.05) is 31.0 Å². The van der Waals surface area contributed by atoms with Crippen molar-refractivity contribution in [2.45, 2.75) is 37.8 Å². The Labute approximate surface area is 134 Å². The van der Waals surface area contributed by atoms with E-state index >= 15 is 0 Å². The number of para-hydroxylation sites is 1. The van der Waals surface area contributed by atoms with E-state index in [0.29, 0.717) is 24.2 Å². The number of nitrogens with one attached hydrogen (secondary N) is 1. The molecule has 2 atom stereocenters. The third-order valence-corrected chi connectivity index (χ3v) is 4.97. The Hall–Kier alpha value is -2.14. The van der Waals surface area contributed by atoms with Gasteiger partial charge in [0, 0.05) is 23.5 Å². The lowest BCUT2D eigenvalue weighted by Gasteiger charge is -2.43. The predicted molar refractivity (Wildman–Crippen MR) is 87.6 cm³/mol. The van der Waals surface area contributed by atoms with Crippen LogP contribution < -0.4 is 5.56 Å². The van der Waals surface area contributed by atoms with Crippen molar-refractivity contribution >= 4 is 16.8 Å². The number of fused-ring (bicyclic) bond motifs is 2. The van der Waals surface area contributed by atoms with Crippen LogP contribution in [0.5, 0.6) is 0 Å². The SMILES string of the molecule is O=C(c1cc(=O)[nH]c2ccccc12)N1CCO[C@@H]2CCCC[C@@H]21. The number of hydrogen-bond acceptors (Lipinski definition) is 3. The molecule has 2 aliphatic rings. The summed E-state index contributed by atoms with van der Waals surface area (Å²) in [6, 6.07) is 9.03. The normalized spacial score (nSPS) is 24.4. The molecule has 0 radical (unpaired) electrons. The average Bonchev–Trinajstić information content (AvgIpc) is 2.60. The van der Waals surface area contributed by atoms with E-state index in [-0.39, 0.29) is 23.6 Å². The second-order valence-corrected chi connectivity index (χ2v) is 6.35. The van der Waals surface area contributed by atoms with Gasteiger partial charge >= 0.3 is 0 Å². The largest absolute Gasteiger partial charge is 0.374 e. The van der Waals surface area contributed by atoms with E-state index in [1.54, 1.807) is 0 Å². The number of carbonyl (C=O) groups excluding carboxylic acids is 1. The molecule has 1 aliphatic heterocycles. The summed E-state index contributed by atoms with van der Waals surface area (Å²) in [4.78, 5) is 29.8. The van der Waals surface area contributed by atoms with Crippen molar-refractivity contribution in [2.75, 3.05) is 13.2 Å². The highest BCUT2D eigenvalue weighted by molar-refractivity contribution is 6.06. The lowest BCUT2D eigenvalue weighted by atomic mass is 9.89. The van der Waals surface area contributed by atoms with Gasteiger partial charge in [0.2, 0.25) is 5.56 Å². The second-order valence-electron chi connectivity index (χ2n) is 6.35. The summed E-state index contributed by atoms with van der Waals surface area (Å²) in [5.74, 6) is -0.0486. The molecule has 0 spiro atoms. The van der Waals surface area contributed by atoms with E-state index in [4.69, 9.17) is 4.74 Å². The summed E-state index contributed by atoms with van der Waals surface area (Å²) in [5.41, 5.74) is 0.966. The van der Waals surface area contributed by atoms with Crippen LogP contribution in [0.15, 0.2) is 35.1 Å². The van der Waals surface area contributed by atoms with Crippen LogP contribution in [0.3, 0.4) is 0 Å². The molecule has 1 aromatic carbocycles. The molecular formula is C18H20N2O3. The van der Waals surface area contributed by atoms with Gasteiger partial charge in [-0.3, -0.25) is 9.59 Å². The molecule has 120 valence electrons. The molecule has 5 nitrogen and oxygen atoms in total. The maximum atomic E-state index is 13.1. The van der Waals surface area contributed by atoms with Crippen molar-refractivity contribution < 1.29 is 9.53 Å². The van der Waals surface area contributed by atoms with Crippen molar-refractivity contribution in [1.82, 2.24) is 9.88 Å². The lowest BCUT2D eigenvalue weighted by molar-refractivity contribution is -0.0752.